The molecule has 2 amide bonds. The summed E-state index contributed by atoms with van der Waals surface area (Å²) >= 11 is 0. The van der Waals surface area contributed by atoms with Gasteiger partial charge < -0.3 is 0 Å². The summed E-state index contributed by atoms with van der Waals surface area (Å²) < 4.78 is 4.68. The van der Waals surface area contributed by atoms with Crippen LogP contribution in [-0.4, -0.2) is 51.5 Å². The number of hydrogen-bond acceptors (Lipinski definition) is 7. The van der Waals surface area contributed by atoms with Gasteiger partial charge in [0.1, 0.15) is 6.54 Å². The van der Waals surface area contributed by atoms with Crippen molar-refractivity contribution in [2.45, 2.75) is 70.6 Å². The number of aromatic amines is 1. The molecule has 4 aliphatic carbocycles. The number of carbonyl (C=O) groups is 3. The van der Waals surface area contributed by atoms with E-state index in [1.165, 1.54) is 11.4 Å². The molecule has 2 heterocycles. The Labute approximate surface area is 256 Å². The molecule has 7 rings (SSSR count). The minimum atomic E-state index is -0.595. The number of anilines is 1. The Bertz CT molecular complexity index is 1590. The predicted octanol–water partition coefficient (Wildman–Crippen LogP) is 5.51. The Morgan fingerprint density at radius 3 is 2.50 bits per heavy atom. The van der Waals surface area contributed by atoms with E-state index >= 15 is 0 Å². The van der Waals surface area contributed by atoms with Crippen LogP contribution in [0, 0.1) is 29.6 Å². The van der Waals surface area contributed by atoms with Crippen LogP contribution in [0.2, 0.25) is 0 Å². The quantitative estimate of drug-likeness (QED) is 0.406. The molecule has 0 spiro atoms. The van der Waals surface area contributed by atoms with Gasteiger partial charge in [-0.05, 0) is 62.0 Å². The van der Waals surface area contributed by atoms with Crippen molar-refractivity contribution in [3.05, 3.63) is 64.4 Å². The summed E-state index contributed by atoms with van der Waals surface area (Å²) in [5, 5.41) is 10.1. The maximum atomic E-state index is 14.2. The molecule has 1 aromatic heterocycles. The van der Waals surface area contributed by atoms with E-state index in [0.29, 0.717) is 17.9 Å². The lowest BCUT2D eigenvalue weighted by molar-refractivity contribution is -0.121. The number of amides is 2. The molecule has 10 heteroatoms. The van der Waals surface area contributed by atoms with Crippen molar-refractivity contribution in [2.75, 3.05) is 18.0 Å². The zero-order valence-electron chi connectivity index (χ0n) is 25.0. The molecule has 1 N–H and O–H groups in total. The zero-order valence-corrected chi connectivity index (χ0v) is 25.0. The van der Waals surface area contributed by atoms with Crippen molar-refractivity contribution in [1.29, 1.82) is 0 Å². The molecular formula is C34H39N5O5. The zero-order chi connectivity index (χ0) is 30.2. The molecule has 3 atom stereocenters. The number of hydrogen-bond donors (Lipinski definition) is 1. The van der Waals surface area contributed by atoms with Crippen molar-refractivity contribution < 1.29 is 18.9 Å². The molecule has 10 nitrogen and oxygen atoms in total. The van der Waals surface area contributed by atoms with Crippen molar-refractivity contribution in [2.24, 2.45) is 34.7 Å². The number of Topliss-reactive ketones (excluding diaryl/α,β-unsaturated/α-hetero) is 2. The van der Waals surface area contributed by atoms with E-state index < -0.39 is 11.8 Å². The van der Waals surface area contributed by atoms with Crippen LogP contribution in [0.4, 0.5) is 10.5 Å². The van der Waals surface area contributed by atoms with E-state index in [0.717, 1.165) is 74.6 Å². The molecule has 0 bridgehead atoms. The molecule has 0 radical (unpaired) electrons. The van der Waals surface area contributed by atoms with Gasteiger partial charge in [0.15, 0.2) is 17.4 Å². The molecule has 44 heavy (non-hydrogen) atoms. The third-order valence-corrected chi connectivity index (χ3v) is 10.2. The van der Waals surface area contributed by atoms with Crippen molar-refractivity contribution >= 4 is 34.6 Å². The lowest BCUT2D eigenvalue weighted by Gasteiger charge is -2.27. The molecule has 3 saturated carbocycles. The third-order valence-electron chi connectivity index (χ3n) is 10.2. The van der Waals surface area contributed by atoms with Gasteiger partial charge in [0.25, 0.3) is 0 Å². The first-order valence-electron chi connectivity index (χ1n) is 16.2. The van der Waals surface area contributed by atoms with E-state index in [4.69, 9.17) is 5.10 Å². The molecule has 1 aliphatic heterocycles. The number of ketones is 2. The number of carbonyl (C=O) groups excluding carboxylic acids is 3. The summed E-state index contributed by atoms with van der Waals surface area (Å²) in [6.07, 6.45) is 16.6. The first-order valence-corrected chi connectivity index (χ1v) is 16.2. The first kappa shape index (κ1) is 28.7. The standard InChI is InChI=1S/C34H39N5O5/c40-29(21-9-4-5-10-21)19-38-28-16-7-6-15-25(28)31(22-11-2-1-3-12-22)36-39(34(38)43)20-30(41)27-18-26(27)23-13-8-14-24(17-23)32-35-33(42)44-37-32/h6-8,13-16,21-23,26-27H,1-5,9-12,17-20H2,(H,35,37,42). The van der Waals surface area contributed by atoms with Gasteiger partial charge in [-0.3, -0.25) is 24.0 Å². The SMILES string of the molecule is O=C(CN1C(=O)N(CC(=O)C2CC2C2C=CC=C(c3noc(=O)[nH]3)C2)N=C(C2CCCCC2)c2ccccc21)C1CCCC1. The molecule has 0 saturated heterocycles. The van der Waals surface area contributed by atoms with E-state index in [9.17, 15) is 19.2 Å². The van der Waals surface area contributed by atoms with Gasteiger partial charge in [-0.2, -0.15) is 5.10 Å². The molecular weight excluding hydrogens is 558 g/mol. The Kier molecular flexibility index (Phi) is 7.91. The number of benzene rings is 1. The van der Waals surface area contributed by atoms with Crippen LogP contribution in [0.25, 0.3) is 5.57 Å². The lowest BCUT2D eigenvalue weighted by Crippen LogP contribution is -2.45. The van der Waals surface area contributed by atoms with Crippen molar-refractivity contribution in [3.8, 4) is 0 Å². The monoisotopic (exact) mass is 597 g/mol. The number of allylic oxidation sites excluding steroid dienone is 4. The number of H-pyrrole nitrogens is 1. The number of hydrazone groups is 1. The minimum absolute atomic E-state index is 0.00313. The van der Waals surface area contributed by atoms with E-state index in [1.807, 2.05) is 36.4 Å². The Morgan fingerprint density at radius 2 is 1.73 bits per heavy atom. The second-order valence-corrected chi connectivity index (χ2v) is 13.1. The van der Waals surface area contributed by atoms with Gasteiger partial charge in [0, 0.05) is 23.3 Å². The highest BCUT2D eigenvalue weighted by Gasteiger charge is 2.48. The largest absolute Gasteiger partial charge is 0.439 e. The van der Waals surface area contributed by atoms with Crippen LogP contribution in [0.1, 0.15) is 82.0 Å². The Balaban J connectivity index is 1.12. The summed E-state index contributed by atoms with van der Waals surface area (Å²) in [5.74, 6) is 0.163. The fourth-order valence-corrected chi connectivity index (χ4v) is 7.73. The number of aromatic nitrogens is 2. The summed E-state index contributed by atoms with van der Waals surface area (Å²) in [4.78, 5) is 57.0. The summed E-state index contributed by atoms with van der Waals surface area (Å²) in [7, 11) is 0. The maximum Gasteiger partial charge on any atom is 0.439 e. The number of urea groups is 1. The Morgan fingerprint density at radius 1 is 0.955 bits per heavy atom. The van der Waals surface area contributed by atoms with Crippen LogP contribution in [0.3, 0.4) is 0 Å². The fourth-order valence-electron chi connectivity index (χ4n) is 7.73. The van der Waals surface area contributed by atoms with Crippen LogP contribution in [-0.2, 0) is 9.59 Å². The van der Waals surface area contributed by atoms with Crippen molar-refractivity contribution in [3.63, 3.8) is 0 Å². The maximum absolute atomic E-state index is 14.2. The smallest absolute Gasteiger partial charge is 0.297 e. The number of rotatable bonds is 9. The fraction of sp³-hybridized carbons (Fsp3) is 0.529. The van der Waals surface area contributed by atoms with Gasteiger partial charge in [0.2, 0.25) is 0 Å². The average Bonchev–Trinajstić information content (AvgIpc) is 3.46. The second kappa shape index (κ2) is 12.1. The van der Waals surface area contributed by atoms with Crippen LogP contribution in [0.5, 0.6) is 0 Å². The van der Waals surface area contributed by atoms with Gasteiger partial charge in [-0.15, -0.1) is 0 Å². The van der Waals surface area contributed by atoms with Crippen molar-refractivity contribution in [1.82, 2.24) is 15.1 Å². The summed E-state index contributed by atoms with van der Waals surface area (Å²) in [5.41, 5.74) is 3.33. The number of nitrogens with zero attached hydrogens (tertiary/aromatic N) is 4. The summed E-state index contributed by atoms with van der Waals surface area (Å²) in [6.45, 7) is -0.120. The predicted molar refractivity (Wildman–Crippen MR) is 165 cm³/mol. The molecule has 3 unspecified atom stereocenters. The van der Waals surface area contributed by atoms with Crippen LogP contribution in [0.15, 0.2) is 56.9 Å². The van der Waals surface area contributed by atoms with E-state index in [2.05, 4.69) is 20.7 Å². The number of fused-ring (bicyclic) bond motifs is 1. The Hall–Kier alpha value is -4.08. The highest BCUT2D eigenvalue weighted by atomic mass is 16.5. The summed E-state index contributed by atoms with van der Waals surface area (Å²) in [6, 6.07) is 7.38. The second-order valence-electron chi connectivity index (χ2n) is 13.1. The molecule has 5 aliphatic rings. The third kappa shape index (κ3) is 5.74. The molecule has 3 fully saturated rings. The van der Waals surface area contributed by atoms with Gasteiger partial charge >= 0.3 is 11.8 Å². The van der Waals surface area contributed by atoms with Crippen LogP contribution >= 0.6 is 0 Å². The normalized spacial score (nSPS) is 25.8. The highest BCUT2D eigenvalue weighted by Crippen LogP contribution is 2.49. The minimum Gasteiger partial charge on any atom is -0.297 e. The van der Waals surface area contributed by atoms with Gasteiger partial charge in [-0.25, -0.2) is 14.6 Å². The van der Waals surface area contributed by atoms with Crippen LogP contribution < -0.4 is 10.7 Å². The number of para-hydroxylation sites is 1. The van der Waals surface area contributed by atoms with Gasteiger partial charge in [0.05, 0.1) is 17.9 Å². The average molecular weight is 598 g/mol. The van der Waals surface area contributed by atoms with E-state index in [1.54, 1.807) is 4.90 Å². The van der Waals surface area contributed by atoms with Gasteiger partial charge in [-0.1, -0.05) is 73.7 Å². The molecule has 1 aromatic carbocycles. The molecule has 2 aromatic rings. The van der Waals surface area contributed by atoms with E-state index in [-0.39, 0.29) is 54.2 Å². The molecule has 230 valence electrons. The topological polar surface area (TPSA) is 129 Å². The highest BCUT2D eigenvalue weighted by molar-refractivity contribution is 6.13. The lowest BCUT2D eigenvalue weighted by atomic mass is 9.83. The number of nitrogens with one attached hydrogen (secondary N) is 1. The first-order chi connectivity index (χ1) is 21.5.